The van der Waals surface area contributed by atoms with Gasteiger partial charge in [0.1, 0.15) is 6.04 Å². The van der Waals surface area contributed by atoms with Crippen molar-refractivity contribution in [1.29, 1.82) is 0 Å². The third-order valence-corrected chi connectivity index (χ3v) is 5.35. The first kappa shape index (κ1) is 22.5. The second-order valence-electron chi connectivity index (χ2n) is 6.63. The van der Waals surface area contributed by atoms with Crippen LogP contribution in [0.2, 0.25) is 0 Å². The van der Waals surface area contributed by atoms with E-state index in [1.807, 2.05) is 43.5 Å². The number of amides is 2. The van der Waals surface area contributed by atoms with Gasteiger partial charge in [0.05, 0.1) is 5.56 Å². The first-order chi connectivity index (χ1) is 13.9. The minimum atomic E-state index is -1.06. The maximum absolute atomic E-state index is 12.3. The molecule has 3 N–H and O–H groups in total. The van der Waals surface area contributed by atoms with Gasteiger partial charge >= 0.3 is 5.97 Å². The predicted octanol–water partition coefficient (Wildman–Crippen LogP) is 3.50. The van der Waals surface area contributed by atoms with E-state index in [0.717, 1.165) is 10.5 Å². The van der Waals surface area contributed by atoms with Crippen molar-refractivity contribution in [3.05, 3.63) is 65.2 Å². The largest absolute Gasteiger partial charge is 0.480 e. The SMILES string of the molecule is CSc1ccccc1C(=O)NCCCCC(NC(=O)c1ccccc1C)C(=O)O. The molecule has 0 heterocycles. The van der Waals surface area contributed by atoms with Crippen molar-refractivity contribution in [2.24, 2.45) is 0 Å². The topological polar surface area (TPSA) is 95.5 Å². The van der Waals surface area contributed by atoms with E-state index in [9.17, 15) is 19.5 Å². The lowest BCUT2D eigenvalue weighted by Gasteiger charge is -2.15. The number of unbranched alkanes of at least 4 members (excludes halogenated alkanes) is 1. The van der Waals surface area contributed by atoms with Crippen molar-refractivity contribution in [3.8, 4) is 0 Å². The molecule has 2 aromatic rings. The molecule has 0 saturated heterocycles. The van der Waals surface area contributed by atoms with E-state index < -0.39 is 17.9 Å². The molecule has 0 fully saturated rings. The minimum absolute atomic E-state index is 0.141. The van der Waals surface area contributed by atoms with Crippen LogP contribution in [0.15, 0.2) is 53.4 Å². The number of hydrogen-bond donors (Lipinski definition) is 3. The number of carbonyl (C=O) groups is 3. The number of aliphatic carboxylic acids is 1. The lowest BCUT2D eigenvalue weighted by atomic mass is 10.1. The fourth-order valence-corrected chi connectivity index (χ4v) is 3.52. The fourth-order valence-electron chi connectivity index (χ4n) is 2.92. The van der Waals surface area contributed by atoms with E-state index in [2.05, 4.69) is 10.6 Å². The molecule has 1 atom stereocenters. The number of thioether (sulfide) groups is 1. The van der Waals surface area contributed by atoms with Crippen LogP contribution in [0.4, 0.5) is 0 Å². The molecule has 0 aliphatic rings. The minimum Gasteiger partial charge on any atom is -0.480 e. The fraction of sp³-hybridized carbons (Fsp3) is 0.318. The van der Waals surface area contributed by atoms with E-state index in [1.54, 1.807) is 18.2 Å². The second-order valence-corrected chi connectivity index (χ2v) is 7.48. The van der Waals surface area contributed by atoms with E-state index in [4.69, 9.17) is 0 Å². The summed E-state index contributed by atoms with van der Waals surface area (Å²) >= 11 is 1.51. The van der Waals surface area contributed by atoms with Crippen molar-refractivity contribution in [3.63, 3.8) is 0 Å². The molecule has 29 heavy (non-hydrogen) atoms. The van der Waals surface area contributed by atoms with Gasteiger partial charge in [-0.3, -0.25) is 9.59 Å². The predicted molar refractivity (Wildman–Crippen MR) is 114 cm³/mol. The van der Waals surface area contributed by atoms with Crippen LogP contribution in [0.5, 0.6) is 0 Å². The molecule has 0 saturated carbocycles. The summed E-state index contributed by atoms with van der Waals surface area (Å²) in [7, 11) is 0. The number of carboxylic acids is 1. The summed E-state index contributed by atoms with van der Waals surface area (Å²) < 4.78 is 0. The van der Waals surface area contributed by atoms with Crippen LogP contribution in [0.3, 0.4) is 0 Å². The quantitative estimate of drug-likeness (QED) is 0.409. The van der Waals surface area contributed by atoms with Crippen LogP contribution in [-0.2, 0) is 4.79 Å². The van der Waals surface area contributed by atoms with E-state index in [0.29, 0.717) is 36.9 Å². The Balaban J connectivity index is 1.80. The van der Waals surface area contributed by atoms with Crippen molar-refractivity contribution in [1.82, 2.24) is 10.6 Å². The van der Waals surface area contributed by atoms with Gasteiger partial charge in [-0.2, -0.15) is 0 Å². The highest BCUT2D eigenvalue weighted by molar-refractivity contribution is 7.98. The summed E-state index contributed by atoms with van der Waals surface area (Å²) in [5, 5.41) is 14.9. The molecule has 0 spiro atoms. The number of carboxylic acid groups (broad SMARTS) is 1. The Kier molecular flexibility index (Phi) is 8.73. The third kappa shape index (κ3) is 6.64. The van der Waals surface area contributed by atoms with Gasteiger partial charge in [0, 0.05) is 17.0 Å². The highest BCUT2D eigenvalue weighted by atomic mass is 32.2. The zero-order valence-corrected chi connectivity index (χ0v) is 17.4. The zero-order valence-electron chi connectivity index (χ0n) is 16.6. The molecule has 7 heteroatoms. The lowest BCUT2D eigenvalue weighted by molar-refractivity contribution is -0.139. The van der Waals surface area contributed by atoms with Gasteiger partial charge in [-0.1, -0.05) is 30.3 Å². The Labute approximate surface area is 175 Å². The first-order valence-corrected chi connectivity index (χ1v) is 10.7. The summed E-state index contributed by atoms with van der Waals surface area (Å²) in [5.41, 5.74) is 1.90. The third-order valence-electron chi connectivity index (χ3n) is 4.55. The molecule has 6 nitrogen and oxygen atoms in total. The first-order valence-electron chi connectivity index (χ1n) is 9.44. The van der Waals surface area contributed by atoms with Crippen molar-refractivity contribution in [2.45, 2.75) is 37.1 Å². The summed E-state index contributed by atoms with van der Waals surface area (Å²) in [6.07, 6.45) is 3.40. The summed E-state index contributed by atoms with van der Waals surface area (Å²) in [4.78, 5) is 37.0. The van der Waals surface area contributed by atoms with Gasteiger partial charge in [0.15, 0.2) is 0 Å². The van der Waals surface area contributed by atoms with Gasteiger partial charge in [-0.05, 0) is 56.2 Å². The summed E-state index contributed by atoms with van der Waals surface area (Å²) in [6.45, 7) is 2.25. The van der Waals surface area contributed by atoms with Gasteiger partial charge < -0.3 is 15.7 Å². The van der Waals surface area contributed by atoms with Gasteiger partial charge in [0.2, 0.25) is 0 Å². The zero-order chi connectivity index (χ0) is 21.2. The van der Waals surface area contributed by atoms with Crippen LogP contribution in [0, 0.1) is 6.92 Å². The van der Waals surface area contributed by atoms with E-state index in [-0.39, 0.29) is 5.91 Å². The maximum Gasteiger partial charge on any atom is 0.326 e. The van der Waals surface area contributed by atoms with Crippen LogP contribution in [-0.4, -0.2) is 41.7 Å². The highest BCUT2D eigenvalue weighted by Gasteiger charge is 2.21. The Hall–Kier alpha value is -2.80. The molecule has 2 amide bonds. The Morgan fingerprint density at radius 1 is 0.966 bits per heavy atom. The van der Waals surface area contributed by atoms with Crippen LogP contribution >= 0.6 is 11.8 Å². The maximum atomic E-state index is 12.3. The normalized spacial score (nSPS) is 11.5. The molecule has 0 bridgehead atoms. The van der Waals surface area contributed by atoms with E-state index >= 15 is 0 Å². The van der Waals surface area contributed by atoms with Gasteiger partial charge in [0.25, 0.3) is 11.8 Å². The van der Waals surface area contributed by atoms with Crippen LogP contribution in [0.1, 0.15) is 45.5 Å². The molecule has 0 aliphatic heterocycles. The van der Waals surface area contributed by atoms with Gasteiger partial charge in [-0.15, -0.1) is 11.8 Å². The standard InChI is InChI=1S/C22H26N2O4S/c1-15-9-3-4-10-16(15)21(26)24-18(22(27)28)12-7-8-14-23-20(25)17-11-5-6-13-19(17)29-2/h3-6,9-11,13,18H,7-8,12,14H2,1-2H3,(H,23,25)(H,24,26)(H,27,28). The molecule has 154 valence electrons. The molecule has 0 aromatic heterocycles. The summed E-state index contributed by atoms with van der Waals surface area (Å²) in [5.74, 6) is -1.60. The van der Waals surface area contributed by atoms with Crippen molar-refractivity contribution < 1.29 is 19.5 Å². The molecule has 2 rings (SSSR count). The molecule has 0 radical (unpaired) electrons. The average Bonchev–Trinajstić information content (AvgIpc) is 2.72. The van der Waals surface area contributed by atoms with Crippen LogP contribution in [0.25, 0.3) is 0 Å². The molecule has 0 aliphatic carbocycles. The van der Waals surface area contributed by atoms with Crippen LogP contribution < -0.4 is 10.6 Å². The number of carbonyl (C=O) groups excluding carboxylic acids is 2. The molecular weight excluding hydrogens is 388 g/mol. The Morgan fingerprint density at radius 3 is 2.28 bits per heavy atom. The molecular formula is C22H26N2O4S. The highest BCUT2D eigenvalue weighted by Crippen LogP contribution is 2.19. The smallest absolute Gasteiger partial charge is 0.326 e. The number of hydrogen-bond acceptors (Lipinski definition) is 4. The van der Waals surface area contributed by atoms with E-state index in [1.165, 1.54) is 11.8 Å². The molecule has 1 unspecified atom stereocenters. The molecule has 2 aromatic carbocycles. The lowest BCUT2D eigenvalue weighted by Crippen LogP contribution is -2.41. The number of nitrogens with one attached hydrogen (secondary N) is 2. The Morgan fingerprint density at radius 2 is 1.62 bits per heavy atom. The Bertz CT molecular complexity index is 869. The second kappa shape index (κ2) is 11.3. The number of benzene rings is 2. The van der Waals surface area contributed by atoms with Gasteiger partial charge in [-0.25, -0.2) is 4.79 Å². The monoisotopic (exact) mass is 414 g/mol. The summed E-state index contributed by atoms with van der Waals surface area (Å²) in [6, 6.07) is 13.5. The number of rotatable bonds is 10. The van der Waals surface area contributed by atoms with Crippen molar-refractivity contribution >= 4 is 29.5 Å². The average molecular weight is 415 g/mol. The number of aryl methyl sites for hydroxylation is 1. The van der Waals surface area contributed by atoms with Crippen molar-refractivity contribution in [2.75, 3.05) is 12.8 Å².